The minimum atomic E-state index is -0.746. The number of rotatable bonds is 4. The highest BCUT2D eigenvalue weighted by Gasteiger charge is 2.41. The minimum Gasteiger partial charge on any atom is -0.444 e. The van der Waals surface area contributed by atoms with Crippen LogP contribution in [0.5, 0.6) is 0 Å². The average molecular weight is 400 g/mol. The Bertz CT molecular complexity index is 904. The van der Waals surface area contributed by atoms with Gasteiger partial charge in [0.25, 0.3) is 0 Å². The molecule has 1 aliphatic heterocycles. The van der Waals surface area contributed by atoms with Crippen LogP contribution in [0.25, 0.3) is 5.57 Å². The summed E-state index contributed by atoms with van der Waals surface area (Å²) in [5, 5.41) is 0. The van der Waals surface area contributed by atoms with Crippen molar-refractivity contribution < 1.29 is 18.3 Å². The zero-order valence-electron chi connectivity index (χ0n) is 17.1. The zero-order chi connectivity index (χ0) is 21.8. The lowest BCUT2D eigenvalue weighted by molar-refractivity contribution is 0.0203. The number of terminal acetylenes is 1. The highest BCUT2D eigenvalue weighted by atomic mass is 19.1. The molecule has 29 heavy (non-hydrogen) atoms. The molecule has 0 saturated carbocycles. The van der Waals surface area contributed by atoms with Gasteiger partial charge in [0, 0.05) is 12.1 Å². The van der Waals surface area contributed by atoms with Crippen molar-refractivity contribution in [2.24, 2.45) is 5.73 Å². The standard InChI is InChI=1S/C23H26F2N2O2/c1-6-8-15(9-7-2)20-13-18(17-12-16(24)10-11-19(17)25)21(14-26)27(20)22(28)29-23(3,4)5/h1,7-13,20-21H,14,26H2,2-5H3/b9-7-,15-8+. The molecule has 2 atom stereocenters. The van der Waals surface area contributed by atoms with Crippen LogP contribution in [0, 0.1) is 24.0 Å². The van der Waals surface area contributed by atoms with Crippen LogP contribution in [-0.4, -0.2) is 35.2 Å². The second-order valence-corrected chi connectivity index (χ2v) is 7.64. The first-order valence-electron chi connectivity index (χ1n) is 9.30. The van der Waals surface area contributed by atoms with Crippen molar-refractivity contribution in [3.8, 4) is 12.3 Å². The third-order valence-corrected chi connectivity index (χ3v) is 4.35. The molecule has 0 saturated heterocycles. The number of carbonyl (C=O) groups is 1. The van der Waals surface area contributed by atoms with Gasteiger partial charge in [0.2, 0.25) is 0 Å². The van der Waals surface area contributed by atoms with Crippen molar-refractivity contribution in [3.05, 3.63) is 65.3 Å². The van der Waals surface area contributed by atoms with Crippen molar-refractivity contribution in [1.82, 2.24) is 4.90 Å². The van der Waals surface area contributed by atoms with Crippen LogP contribution in [-0.2, 0) is 4.74 Å². The fourth-order valence-electron chi connectivity index (χ4n) is 3.27. The molecule has 2 unspecified atom stereocenters. The van der Waals surface area contributed by atoms with Gasteiger partial charge in [-0.3, -0.25) is 4.90 Å². The van der Waals surface area contributed by atoms with E-state index in [1.54, 1.807) is 39.0 Å². The van der Waals surface area contributed by atoms with E-state index < -0.39 is 35.4 Å². The molecule has 6 heteroatoms. The van der Waals surface area contributed by atoms with Crippen molar-refractivity contribution in [3.63, 3.8) is 0 Å². The molecule has 1 aromatic rings. The number of ether oxygens (including phenoxy) is 1. The van der Waals surface area contributed by atoms with Gasteiger partial charge in [0.1, 0.15) is 17.2 Å². The zero-order valence-corrected chi connectivity index (χ0v) is 17.1. The molecule has 1 aliphatic rings. The smallest absolute Gasteiger partial charge is 0.411 e. The van der Waals surface area contributed by atoms with E-state index in [2.05, 4.69) is 5.92 Å². The van der Waals surface area contributed by atoms with Crippen molar-refractivity contribution in [2.45, 2.75) is 45.4 Å². The molecule has 4 nitrogen and oxygen atoms in total. The largest absolute Gasteiger partial charge is 0.444 e. The highest BCUT2D eigenvalue weighted by molar-refractivity contribution is 5.82. The fourth-order valence-corrected chi connectivity index (χ4v) is 3.27. The number of hydrogen-bond donors (Lipinski definition) is 1. The van der Waals surface area contributed by atoms with Crippen molar-refractivity contribution >= 4 is 11.7 Å². The first kappa shape index (κ1) is 22.4. The van der Waals surface area contributed by atoms with E-state index in [-0.39, 0.29) is 12.1 Å². The first-order chi connectivity index (χ1) is 13.6. The molecular weight excluding hydrogens is 374 g/mol. The summed E-state index contributed by atoms with van der Waals surface area (Å²) in [5.74, 6) is 1.27. The van der Waals surface area contributed by atoms with Gasteiger partial charge in [-0.15, -0.1) is 6.42 Å². The molecular formula is C23H26F2N2O2. The van der Waals surface area contributed by atoms with Crippen LogP contribution in [0.1, 0.15) is 33.3 Å². The van der Waals surface area contributed by atoms with E-state index >= 15 is 0 Å². The third-order valence-electron chi connectivity index (χ3n) is 4.35. The molecule has 1 amide bonds. The number of nitrogens with two attached hydrogens (primary N) is 1. The van der Waals surface area contributed by atoms with Gasteiger partial charge in [0.15, 0.2) is 0 Å². The second kappa shape index (κ2) is 9.06. The minimum absolute atomic E-state index is 0.00327. The monoisotopic (exact) mass is 400 g/mol. The van der Waals surface area contributed by atoms with Gasteiger partial charge in [-0.2, -0.15) is 0 Å². The Morgan fingerprint density at radius 3 is 2.62 bits per heavy atom. The Kier molecular flexibility index (Phi) is 6.99. The fraction of sp³-hybridized carbons (Fsp3) is 0.348. The van der Waals surface area contributed by atoms with E-state index in [1.165, 1.54) is 11.0 Å². The number of halogens is 2. The Morgan fingerprint density at radius 1 is 1.38 bits per heavy atom. The Balaban J connectivity index is 2.64. The second-order valence-electron chi connectivity index (χ2n) is 7.64. The van der Waals surface area contributed by atoms with Gasteiger partial charge in [0.05, 0.1) is 12.1 Å². The van der Waals surface area contributed by atoms with Crippen molar-refractivity contribution in [1.29, 1.82) is 0 Å². The van der Waals surface area contributed by atoms with Gasteiger partial charge in [-0.25, -0.2) is 13.6 Å². The van der Waals surface area contributed by atoms with Gasteiger partial charge < -0.3 is 10.5 Å². The summed E-state index contributed by atoms with van der Waals surface area (Å²) in [4.78, 5) is 14.5. The molecule has 0 aromatic heterocycles. The number of amides is 1. The maximum absolute atomic E-state index is 14.5. The van der Waals surface area contributed by atoms with Crippen LogP contribution in [0.2, 0.25) is 0 Å². The molecule has 0 radical (unpaired) electrons. The van der Waals surface area contributed by atoms with Crippen LogP contribution < -0.4 is 5.73 Å². The summed E-state index contributed by atoms with van der Waals surface area (Å²) in [6.45, 7) is 7.06. The molecule has 1 heterocycles. The van der Waals surface area contributed by atoms with Crippen LogP contribution in [0.15, 0.2) is 48.1 Å². The molecule has 1 aromatic carbocycles. The lowest BCUT2D eigenvalue weighted by Gasteiger charge is -2.33. The van der Waals surface area contributed by atoms with E-state index in [9.17, 15) is 13.6 Å². The van der Waals surface area contributed by atoms with Gasteiger partial charge in [-0.1, -0.05) is 24.1 Å². The third kappa shape index (κ3) is 5.12. The van der Waals surface area contributed by atoms with E-state index in [0.29, 0.717) is 11.1 Å². The van der Waals surface area contributed by atoms with Crippen LogP contribution in [0.3, 0.4) is 0 Å². The van der Waals surface area contributed by atoms with Crippen LogP contribution >= 0.6 is 0 Å². The lowest BCUT2D eigenvalue weighted by Crippen LogP contribution is -2.48. The maximum atomic E-state index is 14.5. The molecule has 0 aliphatic carbocycles. The summed E-state index contributed by atoms with van der Waals surface area (Å²) in [5.41, 5.74) is 6.32. The molecule has 0 bridgehead atoms. The molecule has 154 valence electrons. The number of allylic oxidation sites excluding steroid dienone is 2. The average Bonchev–Trinajstić information content (AvgIpc) is 3.01. The first-order valence-corrected chi connectivity index (χ1v) is 9.30. The summed E-state index contributed by atoms with van der Waals surface area (Å²) in [6.07, 6.45) is 11.6. The topological polar surface area (TPSA) is 55.6 Å². The summed E-state index contributed by atoms with van der Waals surface area (Å²) >= 11 is 0. The normalized spacial score (nSPS) is 20.0. The van der Waals surface area contributed by atoms with Gasteiger partial charge in [-0.05, 0) is 63.1 Å². The summed E-state index contributed by atoms with van der Waals surface area (Å²) < 4.78 is 33.9. The molecule has 0 fully saturated rings. The number of hydrogen-bond acceptors (Lipinski definition) is 3. The lowest BCUT2D eigenvalue weighted by atomic mass is 9.98. The van der Waals surface area contributed by atoms with E-state index in [1.807, 2.05) is 6.92 Å². The van der Waals surface area contributed by atoms with E-state index in [4.69, 9.17) is 16.9 Å². The van der Waals surface area contributed by atoms with Gasteiger partial charge >= 0.3 is 6.09 Å². The number of nitrogens with zero attached hydrogens (tertiary/aromatic N) is 1. The number of carbonyl (C=O) groups excluding carboxylic acids is 1. The maximum Gasteiger partial charge on any atom is 0.411 e. The summed E-state index contributed by atoms with van der Waals surface area (Å²) in [6, 6.07) is 1.84. The van der Waals surface area contributed by atoms with Crippen molar-refractivity contribution in [2.75, 3.05) is 6.54 Å². The Labute approximate surface area is 170 Å². The predicted octanol–water partition coefficient (Wildman–Crippen LogP) is 4.43. The summed E-state index contributed by atoms with van der Waals surface area (Å²) in [7, 11) is 0. The molecule has 2 rings (SSSR count). The Hall–Kier alpha value is -2.91. The number of benzene rings is 1. The molecule has 0 spiro atoms. The SMILES string of the molecule is C#C/C=C(\C=C/C)C1C=C(c2cc(F)ccc2F)C(CN)N1C(=O)OC(C)(C)C. The Morgan fingerprint density at radius 2 is 2.07 bits per heavy atom. The van der Waals surface area contributed by atoms with Crippen LogP contribution in [0.4, 0.5) is 13.6 Å². The quantitative estimate of drug-likeness (QED) is 0.601. The van der Waals surface area contributed by atoms with E-state index in [0.717, 1.165) is 18.2 Å². The molecule has 2 N–H and O–H groups in total. The highest BCUT2D eigenvalue weighted by Crippen LogP contribution is 2.36. The predicted molar refractivity (Wildman–Crippen MR) is 111 cm³/mol.